The van der Waals surface area contributed by atoms with Crippen LogP contribution in [0, 0.1) is 0 Å². The van der Waals surface area contributed by atoms with Crippen LogP contribution in [-0.2, 0) is 10.5 Å². The molecule has 0 aliphatic heterocycles. The topological polar surface area (TPSA) is 46.5 Å². The van der Waals surface area contributed by atoms with Crippen molar-refractivity contribution in [1.29, 1.82) is 0 Å². The lowest BCUT2D eigenvalue weighted by Crippen LogP contribution is -2.02. The number of aliphatic hydroxyl groups is 1. The molecule has 1 N–H and O–H groups in total. The van der Waals surface area contributed by atoms with Crippen LogP contribution in [0.15, 0.2) is 22.7 Å². The van der Waals surface area contributed by atoms with E-state index in [0.717, 1.165) is 22.2 Å². The molecule has 5 heteroatoms. The van der Waals surface area contributed by atoms with Crippen LogP contribution in [0.5, 0.6) is 0 Å². The molecule has 0 heterocycles. The van der Waals surface area contributed by atoms with Gasteiger partial charge < -0.3 is 9.84 Å². The molecule has 1 unspecified atom stereocenters. The molecule has 0 aliphatic carbocycles. The van der Waals surface area contributed by atoms with Crippen LogP contribution in [-0.4, -0.2) is 30.0 Å². The molecule has 0 saturated carbocycles. The van der Waals surface area contributed by atoms with Crippen molar-refractivity contribution < 1.29 is 14.6 Å². The first kappa shape index (κ1) is 15.5. The molecule has 3 nitrogen and oxygen atoms in total. The van der Waals surface area contributed by atoms with Gasteiger partial charge in [-0.3, -0.25) is 0 Å². The van der Waals surface area contributed by atoms with E-state index in [-0.39, 0.29) is 12.6 Å². The molecule has 100 valence electrons. The van der Waals surface area contributed by atoms with Gasteiger partial charge in [0.05, 0.1) is 12.7 Å². The van der Waals surface area contributed by atoms with Crippen molar-refractivity contribution >= 4 is 33.7 Å². The predicted molar refractivity (Wildman–Crippen MR) is 77.9 cm³/mol. The number of esters is 1. The minimum absolute atomic E-state index is 0.219. The number of thioether (sulfide) groups is 1. The number of ether oxygens (including phenoxy) is 1. The zero-order valence-electron chi connectivity index (χ0n) is 10.5. The number of hydrogen-bond acceptors (Lipinski definition) is 4. The summed E-state index contributed by atoms with van der Waals surface area (Å²) in [5.41, 5.74) is 1.68. The molecule has 1 aromatic carbocycles. The van der Waals surface area contributed by atoms with E-state index in [1.807, 2.05) is 6.07 Å². The van der Waals surface area contributed by atoms with Crippen molar-refractivity contribution in [3.05, 3.63) is 33.8 Å². The van der Waals surface area contributed by atoms with Crippen molar-refractivity contribution in [2.75, 3.05) is 13.7 Å². The fraction of sp³-hybridized carbons (Fsp3) is 0.462. The number of halogens is 1. The molecule has 0 fully saturated rings. The van der Waals surface area contributed by atoms with Gasteiger partial charge in [0.2, 0.25) is 0 Å². The maximum Gasteiger partial charge on any atom is 0.337 e. The summed E-state index contributed by atoms with van der Waals surface area (Å²) in [5, 5.41) is 9.26. The molecule has 0 bridgehead atoms. The first-order valence-corrected chi connectivity index (χ1v) is 7.52. The Kier molecular flexibility index (Phi) is 6.75. The van der Waals surface area contributed by atoms with Gasteiger partial charge in [-0.2, -0.15) is 11.8 Å². The molecular weight excluding hydrogens is 316 g/mol. The number of benzene rings is 1. The second-order valence-electron chi connectivity index (χ2n) is 3.93. The summed E-state index contributed by atoms with van der Waals surface area (Å²) in [7, 11) is 1.37. The predicted octanol–water partition coefficient (Wildman–Crippen LogP) is 3.24. The van der Waals surface area contributed by atoms with E-state index in [9.17, 15) is 4.79 Å². The lowest BCUT2D eigenvalue weighted by Gasteiger charge is -2.11. The average molecular weight is 333 g/mol. The van der Waals surface area contributed by atoms with Crippen molar-refractivity contribution in [3.8, 4) is 0 Å². The second-order valence-corrected chi connectivity index (χ2v) is 6.21. The van der Waals surface area contributed by atoms with Gasteiger partial charge in [-0.25, -0.2) is 4.79 Å². The average Bonchev–Trinajstić information content (AvgIpc) is 2.36. The van der Waals surface area contributed by atoms with Crippen LogP contribution >= 0.6 is 27.7 Å². The van der Waals surface area contributed by atoms with Gasteiger partial charge in [0, 0.05) is 22.1 Å². The summed E-state index contributed by atoms with van der Waals surface area (Å²) >= 11 is 5.25. The Morgan fingerprint density at radius 2 is 2.28 bits per heavy atom. The third kappa shape index (κ3) is 4.63. The van der Waals surface area contributed by atoms with Crippen LogP contribution < -0.4 is 0 Å². The minimum atomic E-state index is -0.330. The third-order valence-corrected chi connectivity index (χ3v) is 4.55. The van der Waals surface area contributed by atoms with Gasteiger partial charge in [0.1, 0.15) is 0 Å². The van der Waals surface area contributed by atoms with E-state index in [1.165, 1.54) is 7.11 Å². The zero-order valence-corrected chi connectivity index (χ0v) is 12.9. The van der Waals surface area contributed by atoms with Crippen LogP contribution in [0.2, 0.25) is 0 Å². The molecule has 0 radical (unpaired) electrons. The van der Waals surface area contributed by atoms with Crippen LogP contribution in [0.3, 0.4) is 0 Å². The standard InChI is InChI=1S/C13H17BrO3S/c1-9(5-6-15)18-8-11-4-3-10(7-12(11)14)13(16)17-2/h3-4,7,9,15H,5-6,8H2,1-2H3. The third-order valence-electron chi connectivity index (χ3n) is 2.53. The van der Waals surface area contributed by atoms with Crippen molar-refractivity contribution in [1.82, 2.24) is 0 Å². The van der Waals surface area contributed by atoms with E-state index in [0.29, 0.717) is 10.8 Å². The maximum absolute atomic E-state index is 11.4. The Morgan fingerprint density at radius 1 is 1.56 bits per heavy atom. The Bertz CT molecular complexity index is 409. The number of rotatable bonds is 6. The second kappa shape index (κ2) is 7.81. The first-order valence-electron chi connectivity index (χ1n) is 5.67. The first-order chi connectivity index (χ1) is 8.58. The Morgan fingerprint density at radius 3 is 2.83 bits per heavy atom. The van der Waals surface area contributed by atoms with Crippen molar-refractivity contribution in [2.45, 2.75) is 24.3 Å². The number of carbonyl (C=O) groups is 1. The van der Waals surface area contributed by atoms with Gasteiger partial charge in [0.25, 0.3) is 0 Å². The number of hydrogen-bond donors (Lipinski definition) is 1. The smallest absolute Gasteiger partial charge is 0.337 e. The summed E-state index contributed by atoms with van der Waals surface area (Å²) in [4.78, 5) is 11.4. The normalized spacial score (nSPS) is 12.2. The van der Waals surface area contributed by atoms with Gasteiger partial charge in [-0.15, -0.1) is 0 Å². The van der Waals surface area contributed by atoms with E-state index >= 15 is 0 Å². The van der Waals surface area contributed by atoms with Crippen LogP contribution in [0.1, 0.15) is 29.3 Å². The van der Waals surface area contributed by atoms with Gasteiger partial charge >= 0.3 is 5.97 Å². The fourth-order valence-electron chi connectivity index (χ4n) is 1.41. The molecule has 1 rings (SSSR count). The highest BCUT2D eigenvalue weighted by atomic mass is 79.9. The van der Waals surface area contributed by atoms with Gasteiger partial charge in [-0.05, 0) is 24.1 Å². The molecule has 0 amide bonds. The number of methoxy groups -OCH3 is 1. The summed E-state index contributed by atoms with van der Waals surface area (Å²) < 4.78 is 5.58. The SMILES string of the molecule is COC(=O)c1ccc(CSC(C)CCO)c(Br)c1. The molecule has 1 atom stereocenters. The van der Waals surface area contributed by atoms with E-state index in [2.05, 4.69) is 27.6 Å². The van der Waals surface area contributed by atoms with Crippen LogP contribution in [0.25, 0.3) is 0 Å². The molecule has 1 aromatic rings. The summed E-state index contributed by atoms with van der Waals surface area (Å²) in [6.45, 7) is 2.31. The van der Waals surface area contributed by atoms with Gasteiger partial charge in [-0.1, -0.05) is 28.9 Å². The van der Waals surface area contributed by atoms with Crippen molar-refractivity contribution in [3.63, 3.8) is 0 Å². The van der Waals surface area contributed by atoms with E-state index < -0.39 is 0 Å². The monoisotopic (exact) mass is 332 g/mol. The highest BCUT2D eigenvalue weighted by Gasteiger charge is 2.09. The van der Waals surface area contributed by atoms with Gasteiger partial charge in [0.15, 0.2) is 0 Å². The zero-order chi connectivity index (χ0) is 13.5. The lowest BCUT2D eigenvalue weighted by atomic mass is 10.1. The van der Waals surface area contributed by atoms with E-state index in [4.69, 9.17) is 5.11 Å². The quantitative estimate of drug-likeness (QED) is 0.812. The number of aliphatic hydroxyl groups excluding tert-OH is 1. The largest absolute Gasteiger partial charge is 0.465 e. The molecule has 0 spiro atoms. The summed E-state index contributed by atoms with van der Waals surface area (Å²) in [5.74, 6) is 0.520. The molecule has 0 aliphatic rings. The molecule has 0 saturated heterocycles. The Balaban J connectivity index is 2.65. The maximum atomic E-state index is 11.4. The van der Waals surface area contributed by atoms with Crippen LogP contribution in [0.4, 0.5) is 0 Å². The molecule has 18 heavy (non-hydrogen) atoms. The fourth-order valence-corrected chi connectivity index (χ4v) is 3.10. The highest BCUT2D eigenvalue weighted by molar-refractivity contribution is 9.10. The highest BCUT2D eigenvalue weighted by Crippen LogP contribution is 2.26. The summed E-state index contributed by atoms with van der Waals surface area (Å²) in [6, 6.07) is 5.47. The van der Waals surface area contributed by atoms with E-state index in [1.54, 1.807) is 23.9 Å². The van der Waals surface area contributed by atoms with Crippen molar-refractivity contribution in [2.24, 2.45) is 0 Å². The Labute approximate surface area is 120 Å². The summed E-state index contributed by atoms with van der Waals surface area (Å²) in [6.07, 6.45) is 0.794. The molecular formula is C13H17BrO3S. The Hall–Kier alpha value is -0.520. The molecule has 0 aromatic heterocycles. The lowest BCUT2D eigenvalue weighted by molar-refractivity contribution is 0.0600. The minimum Gasteiger partial charge on any atom is -0.465 e. The number of carbonyl (C=O) groups excluding carboxylic acids is 1.